The highest BCUT2D eigenvalue weighted by Crippen LogP contribution is 2.53. The molecule has 35 heavy (non-hydrogen) atoms. The van der Waals surface area contributed by atoms with E-state index in [4.69, 9.17) is 9.47 Å². The molecule has 2 fully saturated rings. The summed E-state index contributed by atoms with van der Waals surface area (Å²) in [6.45, 7) is 4.83. The molecule has 2 amide bonds. The Bertz CT molecular complexity index is 1080. The third kappa shape index (κ3) is 3.70. The summed E-state index contributed by atoms with van der Waals surface area (Å²) < 4.78 is 12.0. The number of para-hydroxylation sites is 1. The molecule has 1 N–H and O–H groups in total. The van der Waals surface area contributed by atoms with Crippen LogP contribution in [0.4, 0.5) is 5.69 Å². The number of aliphatic hydroxyl groups is 1. The minimum atomic E-state index is -1.26. The van der Waals surface area contributed by atoms with Gasteiger partial charge in [-0.25, -0.2) is 0 Å². The maximum absolute atomic E-state index is 14.3. The molecule has 0 aliphatic carbocycles. The number of fused-ring (bicyclic) bond motifs is 2. The van der Waals surface area contributed by atoms with E-state index in [1.807, 2.05) is 56.4 Å². The Kier molecular flexibility index (Phi) is 6.27. The lowest BCUT2D eigenvalue weighted by Gasteiger charge is -2.36. The highest BCUT2D eigenvalue weighted by Gasteiger charge is 2.71. The van der Waals surface area contributed by atoms with Crippen molar-refractivity contribution in [2.75, 3.05) is 31.2 Å². The molecule has 4 aliphatic rings. The summed E-state index contributed by atoms with van der Waals surface area (Å²) in [5, 5.41) is 9.31. The number of hydrogen-bond acceptors (Lipinski definition) is 6. The number of rotatable bonds is 5. The van der Waals surface area contributed by atoms with Gasteiger partial charge >= 0.3 is 5.97 Å². The van der Waals surface area contributed by atoms with E-state index in [1.165, 1.54) is 0 Å². The first-order chi connectivity index (χ1) is 16.9. The lowest BCUT2D eigenvalue weighted by molar-refractivity contribution is -0.154. The van der Waals surface area contributed by atoms with Gasteiger partial charge in [-0.3, -0.25) is 14.4 Å². The number of cyclic esters (lactones) is 1. The van der Waals surface area contributed by atoms with Crippen LogP contribution in [-0.2, 0) is 23.9 Å². The summed E-state index contributed by atoms with van der Waals surface area (Å²) in [5.74, 6) is -2.61. The molecule has 186 valence electrons. The largest absolute Gasteiger partial charge is 0.465 e. The van der Waals surface area contributed by atoms with Crippen LogP contribution in [0.5, 0.6) is 0 Å². The number of aliphatic hydroxyl groups excluding tert-OH is 1. The van der Waals surface area contributed by atoms with E-state index < -0.39 is 35.6 Å². The van der Waals surface area contributed by atoms with E-state index in [9.17, 15) is 19.5 Å². The number of anilines is 1. The molecule has 8 nitrogen and oxygen atoms in total. The third-order valence-corrected chi connectivity index (χ3v) is 7.64. The number of amides is 2. The van der Waals surface area contributed by atoms with E-state index in [0.717, 1.165) is 16.8 Å². The van der Waals surface area contributed by atoms with Gasteiger partial charge in [-0.15, -0.1) is 0 Å². The van der Waals surface area contributed by atoms with Gasteiger partial charge in [-0.2, -0.15) is 0 Å². The smallest absolute Gasteiger partial charge is 0.312 e. The number of unbranched alkanes of at least 4 members (excludes halogenated alkanes) is 1. The molecule has 5 rings (SSSR count). The van der Waals surface area contributed by atoms with E-state index >= 15 is 0 Å². The second-order valence-electron chi connectivity index (χ2n) is 9.78. The molecule has 5 atom stereocenters. The molecule has 1 unspecified atom stereocenters. The molecule has 4 aliphatic heterocycles. The predicted octanol–water partition coefficient (Wildman–Crippen LogP) is 2.06. The first-order valence-electron chi connectivity index (χ1n) is 12.4. The summed E-state index contributed by atoms with van der Waals surface area (Å²) in [4.78, 5) is 44.6. The Morgan fingerprint density at radius 1 is 1.09 bits per heavy atom. The fourth-order valence-electron chi connectivity index (χ4n) is 6.17. The first kappa shape index (κ1) is 23.8. The van der Waals surface area contributed by atoms with Crippen molar-refractivity contribution >= 4 is 23.5 Å². The summed E-state index contributed by atoms with van der Waals surface area (Å²) in [6.07, 6.45) is 8.46. The molecule has 8 heteroatoms. The molecule has 0 radical (unpaired) electrons. The number of ether oxygens (including phenoxy) is 2. The Morgan fingerprint density at radius 2 is 1.86 bits per heavy atom. The van der Waals surface area contributed by atoms with Crippen molar-refractivity contribution in [1.82, 2.24) is 4.90 Å². The molecule has 1 aromatic carbocycles. The summed E-state index contributed by atoms with van der Waals surface area (Å²) in [5.41, 5.74) is 1.50. The molecule has 1 spiro atoms. The van der Waals surface area contributed by atoms with Crippen LogP contribution >= 0.6 is 0 Å². The maximum atomic E-state index is 14.3. The predicted molar refractivity (Wildman–Crippen MR) is 129 cm³/mol. The molecular formula is C27H32N2O6. The topological polar surface area (TPSA) is 96.4 Å². The van der Waals surface area contributed by atoms with Crippen LogP contribution in [0.1, 0.15) is 30.4 Å². The molecule has 4 heterocycles. The van der Waals surface area contributed by atoms with Crippen LogP contribution in [0.25, 0.3) is 0 Å². The van der Waals surface area contributed by atoms with Crippen molar-refractivity contribution in [3.63, 3.8) is 0 Å². The highest BCUT2D eigenvalue weighted by atomic mass is 16.6. The van der Waals surface area contributed by atoms with Crippen molar-refractivity contribution in [2.45, 2.75) is 50.9 Å². The van der Waals surface area contributed by atoms with E-state index in [-0.39, 0.29) is 25.0 Å². The van der Waals surface area contributed by atoms with Crippen LogP contribution in [0.15, 0.2) is 42.5 Å². The van der Waals surface area contributed by atoms with Crippen LogP contribution in [0.2, 0.25) is 0 Å². The number of likely N-dealkylation sites (tertiary alicyclic amines) is 1. The van der Waals surface area contributed by atoms with Crippen LogP contribution in [0, 0.1) is 25.7 Å². The zero-order valence-electron chi connectivity index (χ0n) is 20.2. The number of esters is 1. The van der Waals surface area contributed by atoms with Crippen molar-refractivity contribution in [2.24, 2.45) is 11.8 Å². The number of hydrogen-bond donors (Lipinski definition) is 1. The Balaban J connectivity index is 1.62. The minimum absolute atomic E-state index is 0.00195. The fourth-order valence-corrected chi connectivity index (χ4v) is 6.17. The third-order valence-electron chi connectivity index (χ3n) is 7.64. The van der Waals surface area contributed by atoms with Gasteiger partial charge in [0, 0.05) is 25.4 Å². The molecular weight excluding hydrogens is 448 g/mol. The monoisotopic (exact) mass is 480 g/mol. The standard InChI is InChI=1S/C27H32N2O6/c1-17-9-7-10-18(2)22(17)28-14-8-12-27-21(20-19(35-27)11-3-6-16-34-26(20)33)24(31)29(13-4-5-15-30)23(27)25(28)32/h3,7-12,19-21,23,30H,4-6,13-16H2,1-2H3/t19-,20+,21-,23?,27-/m0/s1. The maximum Gasteiger partial charge on any atom is 0.312 e. The average Bonchev–Trinajstić information content (AvgIpc) is 3.19. The molecule has 1 aromatic rings. The van der Waals surface area contributed by atoms with Crippen molar-refractivity contribution < 1.29 is 29.0 Å². The van der Waals surface area contributed by atoms with Crippen molar-refractivity contribution in [3.8, 4) is 0 Å². The van der Waals surface area contributed by atoms with Crippen molar-refractivity contribution in [1.29, 1.82) is 0 Å². The van der Waals surface area contributed by atoms with E-state index in [0.29, 0.717) is 32.4 Å². The summed E-state index contributed by atoms with van der Waals surface area (Å²) in [7, 11) is 0. The SMILES string of the molecule is Cc1cccc(C)c1N1CC=C[C@]23O[C@H]4C=CCCOC(=O)[C@H]4[C@H]2C(=O)N(CCCCO)C3C1=O. The number of carbonyl (C=O) groups is 3. The second-order valence-corrected chi connectivity index (χ2v) is 9.78. The van der Waals surface area contributed by atoms with Gasteiger partial charge in [0.15, 0.2) is 0 Å². The molecule has 0 aromatic heterocycles. The van der Waals surface area contributed by atoms with Crippen molar-refractivity contribution in [3.05, 3.63) is 53.6 Å². The number of aryl methyl sites for hydroxylation is 2. The van der Waals surface area contributed by atoms with Gasteiger partial charge in [0.1, 0.15) is 17.6 Å². The van der Waals surface area contributed by atoms with E-state index in [1.54, 1.807) is 9.80 Å². The van der Waals surface area contributed by atoms with Gasteiger partial charge in [0.25, 0.3) is 5.91 Å². The lowest BCUT2D eigenvalue weighted by Crippen LogP contribution is -2.55. The zero-order chi connectivity index (χ0) is 24.7. The normalized spacial score (nSPS) is 32.0. The summed E-state index contributed by atoms with van der Waals surface area (Å²) in [6, 6.07) is 4.98. The molecule has 0 bridgehead atoms. The van der Waals surface area contributed by atoms with Gasteiger partial charge in [-0.05, 0) is 44.2 Å². The fraction of sp³-hybridized carbons (Fsp3) is 0.519. The minimum Gasteiger partial charge on any atom is -0.465 e. The highest BCUT2D eigenvalue weighted by molar-refractivity contribution is 6.06. The Morgan fingerprint density at radius 3 is 2.60 bits per heavy atom. The Hall–Kier alpha value is -2.97. The van der Waals surface area contributed by atoms with Gasteiger partial charge in [0.05, 0.1) is 18.6 Å². The quantitative estimate of drug-likeness (QED) is 0.394. The average molecular weight is 481 g/mol. The van der Waals surface area contributed by atoms with Crippen LogP contribution in [-0.4, -0.2) is 71.8 Å². The Labute approximate surface area is 205 Å². The van der Waals surface area contributed by atoms with Crippen LogP contribution < -0.4 is 4.90 Å². The van der Waals surface area contributed by atoms with Crippen LogP contribution in [0.3, 0.4) is 0 Å². The number of carbonyl (C=O) groups excluding carboxylic acids is 3. The second kappa shape index (κ2) is 9.24. The lowest BCUT2D eigenvalue weighted by atomic mass is 9.77. The van der Waals surface area contributed by atoms with E-state index in [2.05, 4.69) is 0 Å². The molecule has 0 saturated carbocycles. The molecule has 2 saturated heterocycles. The van der Waals surface area contributed by atoms with Gasteiger partial charge in [0.2, 0.25) is 5.91 Å². The number of nitrogens with zero attached hydrogens (tertiary/aromatic N) is 2. The van der Waals surface area contributed by atoms with Gasteiger partial charge in [-0.1, -0.05) is 42.5 Å². The zero-order valence-corrected chi connectivity index (χ0v) is 20.2. The number of benzene rings is 1. The first-order valence-corrected chi connectivity index (χ1v) is 12.4. The summed E-state index contributed by atoms with van der Waals surface area (Å²) >= 11 is 0. The van der Waals surface area contributed by atoms with Gasteiger partial charge < -0.3 is 24.4 Å².